The monoisotopic (exact) mass is 396 g/mol. The lowest BCUT2D eigenvalue weighted by atomic mass is 9.94. The van der Waals surface area contributed by atoms with Crippen LogP contribution in [0.3, 0.4) is 0 Å². The normalized spacial score (nSPS) is 19.8. The Bertz CT molecular complexity index is 922. The average Bonchev–Trinajstić information content (AvgIpc) is 3.30. The molecule has 1 unspecified atom stereocenters. The zero-order valence-corrected chi connectivity index (χ0v) is 16.5. The van der Waals surface area contributed by atoms with E-state index in [1.165, 1.54) is 0 Å². The van der Waals surface area contributed by atoms with E-state index in [-0.39, 0.29) is 43.0 Å². The van der Waals surface area contributed by atoms with E-state index in [4.69, 9.17) is 4.52 Å². The maximum Gasteiger partial charge on any atom is 0.242 e. The van der Waals surface area contributed by atoms with Gasteiger partial charge in [-0.05, 0) is 31.2 Å². The van der Waals surface area contributed by atoms with Gasteiger partial charge in [-0.2, -0.15) is 4.98 Å². The van der Waals surface area contributed by atoms with Crippen LogP contribution in [0.25, 0.3) is 11.4 Å². The Balaban J connectivity index is 1.37. The van der Waals surface area contributed by atoms with E-state index in [1.54, 1.807) is 4.90 Å². The fourth-order valence-corrected chi connectivity index (χ4v) is 4.01. The van der Waals surface area contributed by atoms with Gasteiger partial charge in [0, 0.05) is 37.9 Å². The molecule has 29 heavy (non-hydrogen) atoms. The quantitative estimate of drug-likeness (QED) is 0.717. The molecule has 8 nitrogen and oxygen atoms in total. The number of aryl methyl sites for hydroxylation is 1. The lowest BCUT2D eigenvalue weighted by molar-refractivity contribution is -0.146. The molecular formula is C21H24N4O4. The molecule has 1 atom stereocenters. The summed E-state index contributed by atoms with van der Waals surface area (Å²) >= 11 is 0. The molecule has 0 radical (unpaired) electrons. The van der Waals surface area contributed by atoms with Crippen LogP contribution in [-0.2, 0) is 20.8 Å². The number of benzene rings is 1. The topological polar surface area (TPSA) is 96.6 Å². The molecule has 2 aromatic rings. The molecule has 8 heteroatoms. The molecule has 3 amide bonds. The van der Waals surface area contributed by atoms with Gasteiger partial charge in [0.05, 0.1) is 0 Å². The van der Waals surface area contributed by atoms with Crippen LogP contribution in [0.1, 0.15) is 37.1 Å². The molecule has 0 spiro atoms. The van der Waals surface area contributed by atoms with Gasteiger partial charge < -0.3 is 9.42 Å². The summed E-state index contributed by atoms with van der Waals surface area (Å²) in [5.74, 6) is 0.658. The van der Waals surface area contributed by atoms with Crippen LogP contribution in [0.15, 0.2) is 28.8 Å². The Morgan fingerprint density at radius 1 is 1.21 bits per heavy atom. The molecule has 0 bridgehead atoms. The number of rotatable bonds is 5. The number of aromatic nitrogens is 2. The second kappa shape index (κ2) is 8.14. The third-order valence-corrected chi connectivity index (χ3v) is 5.64. The molecule has 3 heterocycles. The van der Waals surface area contributed by atoms with E-state index < -0.39 is 0 Å². The van der Waals surface area contributed by atoms with Crippen molar-refractivity contribution >= 4 is 17.7 Å². The van der Waals surface area contributed by atoms with E-state index >= 15 is 0 Å². The summed E-state index contributed by atoms with van der Waals surface area (Å²) in [7, 11) is 0. The van der Waals surface area contributed by atoms with Crippen molar-refractivity contribution < 1.29 is 18.9 Å². The standard InChI is InChI=1S/C21H24N4O4/c1-14-5-2-3-7-16(14)21-22-17(29-23-21)11-15-6-4-10-24(12-15)20(28)13-25-18(26)8-9-19(25)27/h2-3,5,7,15H,4,6,8-13H2,1H3. The first-order valence-corrected chi connectivity index (χ1v) is 10.0. The molecule has 2 fully saturated rings. The molecular weight excluding hydrogens is 372 g/mol. The van der Waals surface area contributed by atoms with Gasteiger partial charge in [0.1, 0.15) is 6.54 Å². The molecule has 4 rings (SSSR count). The molecule has 2 aliphatic rings. The van der Waals surface area contributed by atoms with Gasteiger partial charge in [-0.15, -0.1) is 0 Å². The number of nitrogens with zero attached hydrogens (tertiary/aromatic N) is 4. The number of carbonyl (C=O) groups excluding carboxylic acids is 3. The summed E-state index contributed by atoms with van der Waals surface area (Å²) in [5, 5.41) is 4.10. The van der Waals surface area contributed by atoms with Gasteiger partial charge >= 0.3 is 0 Å². The second-order valence-corrected chi connectivity index (χ2v) is 7.75. The highest BCUT2D eigenvalue weighted by Gasteiger charge is 2.33. The average molecular weight is 396 g/mol. The Kier molecular flexibility index (Phi) is 5.42. The fourth-order valence-electron chi connectivity index (χ4n) is 4.01. The van der Waals surface area contributed by atoms with Crippen LogP contribution in [0.4, 0.5) is 0 Å². The van der Waals surface area contributed by atoms with Crippen molar-refractivity contribution in [2.24, 2.45) is 5.92 Å². The Hall–Kier alpha value is -3.03. The highest BCUT2D eigenvalue weighted by molar-refractivity contribution is 6.04. The molecule has 152 valence electrons. The number of hydrogen-bond acceptors (Lipinski definition) is 6. The predicted molar refractivity (Wildman–Crippen MR) is 103 cm³/mol. The Morgan fingerprint density at radius 2 is 1.97 bits per heavy atom. The second-order valence-electron chi connectivity index (χ2n) is 7.75. The minimum atomic E-state index is -0.258. The maximum absolute atomic E-state index is 12.6. The van der Waals surface area contributed by atoms with Crippen LogP contribution in [0, 0.1) is 12.8 Å². The lowest BCUT2D eigenvalue weighted by Crippen LogP contribution is -2.46. The van der Waals surface area contributed by atoms with Crippen LogP contribution in [0.2, 0.25) is 0 Å². The van der Waals surface area contributed by atoms with Crippen LogP contribution >= 0.6 is 0 Å². The lowest BCUT2D eigenvalue weighted by Gasteiger charge is -2.33. The van der Waals surface area contributed by atoms with E-state index in [0.29, 0.717) is 31.2 Å². The third kappa shape index (κ3) is 4.21. The highest BCUT2D eigenvalue weighted by Crippen LogP contribution is 2.24. The van der Waals surface area contributed by atoms with Gasteiger partial charge in [-0.1, -0.05) is 29.4 Å². The smallest absolute Gasteiger partial charge is 0.242 e. The molecule has 0 saturated carbocycles. The van der Waals surface area contributed by atoms with Gasteiger partial charge in [0.2, 0.25) is 29.4 Å². The number of piperidine rings is 1. The van der Waals surface area contributed by atoms with Crippen LogP contribution in [-0.4, -0.2) is 57.3 Å². The van der Waals surface area contributed by atoms with Gasteiger partial charge in [0.25, 0.3) is 0 Å². The molecule has 2 aliphatic heterocycles. The Morgan fingerprint density at radius 3 is 2.72 bits per heavy atom. The zero-order chi connectivity index (χ0) is 20.4. The third-order valence-electron chi connectivity index (χ3n) is 5.64. The predicted octanol–water partition coefficient (Wildman–Crippen LogP) is 1.98. The molecule has 1 aromatic carbocycles. The van der Waals surface area contributed by atoms with E-state index in [2.05, 4.69) is 10.1 Å². The highest BCUT2D eigenvalue weighted by atomic mass is 16.5. The van der Waals surface area contributed by atoms with Gasteiger partial charge in [-0.25, -0.2) is 0 Å². The van der Waals surface area contributed by atoms with Crippen LogP contribution < -0.4 is 0 Å². The maximum atomic E-state index is 12.6. The fraction of sp³-hybridized carbons (Fsp3) is 0.476. The van der Waals surface area contributed by atoms with Crippen LogP contribution in [0.5, 0.6) is 0 Å². The molecule has 2 saturated heterocycles. The van der Waals surface area contributed by atoms with Crippen molar-refractivity contribution in [1.82, 2.24) is 19.9 Å². The summed E-state index contributed by atoms with van der Waals surface area (Å²) in [6.45, 7) is 3.06. The number of hydrogen-bond donors (Lipinski definition) is 0. The summed E-state index contributed by atoms with van der Waals surface area (Å²) in [6.07, 6.45) is 2.85. The van der Waals surface area contributed by atoms with Crippen molar-refractivity contribution in [1.29, 1.82) is 0 Å². The molecule has 1 aromatic heterocycles. The van der Waals surface area contributed by atoms with Crippen molar-refractivity contribution in [2.45, 2.75) is 39.0 Å². The summed E-state index contributed by atoms with van der Waals surface area (Å²) in [4.78, 5) is 43.5. The largest absolute Gasteiger partial charge is 0.341 e. The Labute approximate surface area is 168 Å². The van der Waals surface area contributed by atoms with Gasteiger partial charge in [0.15, 0.2) is 0 Å². The summed E-state index contributed by atoms with van der Waals surface area (Å²) in [5.41, 5.74) is 2.03. The number of carbonyl (C=O) groups is 3. The first kappa shape index (κ1) is 19.3. The van der Waals surface area contributed by atoms with Crippen molar-refractivity contribution in [3.8, 4) is 11.4 Å². The van der Waals surface area contributed by atoms with Crippen molar-refractivity contribution in [2.75, 3.05) is 19.6 Å². The first-order valence-electron chi connectivity index (χ1n) is 10.0. The summed E-state index contributed by atoms with van der Waals surface area (Å²) in [6, 6.07) is 7.88. The minimum Gasteiger partial charge on any atom is -0.341 e. The molecule has 0 aliphatic carbocycles. The zero-order valence-electron chi connectivity index (χ0n) is 16.5. The number of likely N-dealkylation sites (tertiary alicyclic amines) is 2. The first-order chi connectivity index (χ1) is 14.0. The van der Waals surface area contributed by atoms with Crippen molar-refractivity contribution in [3.05, 3.63) is 35.7 Å². The van der Waals surface area contributed by atoms with Gasteiger partial charge in [-0.3, -0.25) is 19.3 Å². The number of imide groups is 1. The van der Waals surface area contributed by atoms with E-state index in [0.717, 1.165) is 28.9 Å². The van der Waals surface area contributed by atoms with Crippen molar-refractivity contribution in [3.63, 3.8) is 0 Å². The van der Waals surface area contributed by atoms with E-state index in [1.807, 2.05) is 31.2 Å². The number of amides is 3. The van der Waals surface area contributed by atoms with E-state index in [9.17, 15) is 14.4 Å². The minimum absolute atomic E-state index is 0.150. The molecule has 0 N–H and O–H groups in total. The summed E-state index contributed by atoms with van der Waals surface area (Å²) < 4.78 is 5.45. The SMILES string of the molecule is Cc1ccccc1-c1noc(CC2CCCN(C(=O)CN3C(=O)CCC3=O)C2)n1.